The first-order valence-corrected chi connectivity index (χ1v) is 3.40. The zero-order valence-electron chi connectivity index (χ0n) is 6.44. The maximum atomic E-state index is 2.93. The van der Waals surface area contributed by atoms with Crippen LogP contribution >= 0.6 is 0 Å². The maximum absolute atomic E-state index is 2.93. The van der Waals surface area contributed by atoms with E-state index in [2.05, 4.69) is 25.8 Å². The number of aryl methyl sites for hydroxylation is 1. The Morgan fingerprint density at radius 3 is 2.11 bits per heavy atom. The third-order valence-electron chi connectivity index (χ3n) is 0.753. The second-order valence-electron chi connectivity index (χ2n) is 2.10. The summed E-state index contributed by atoms with van der Waals surface area (Å²) in [6.45, 7) is 6.30. The number of rotatable bonds is 0. The van der Waals surface area contributed by atoms with Gasteiger partial charge in [0.15, 0.2) is 0 Å². The predicted octanol–water partition coefficient (Wildman–Crippen LogP) is 2.74. The van der Waals surface area contributed by atoms with Gasteiger partial charge in [-0.2, -0.15) is 0 Å². The second kappa shape index (κ2) is 5.42. The average Bonchev–Trinajstić information content (AvgIpc) is 2.20. The molecule has 1 heteroatoms. The van der Waals surface area contributed by atoms with Crippen molar-refractivity contribution in [2.75, 3.05) is 0 Å². The van der Waals surface area contributed by atoms with Gasteiger partial charge < -0.3 is 4.98 Å². The fourth-order valence-corrected chi connectivity index (χ4v) is 0.407. The normalized spacial score (nSPS) is 7.89. The van der Waals surface area contributed by atoms with E-state index in [9.17, 15) is 0 Å². The highest BCUT2D eigenvalue weighted by molar-refractivity contribution is 5.03. The average molecular weight is 125 g/mol. The van der Waals surface area contributed by atoms with Gasteiger partial charge in [-0.15, -0.1) is 0 Å². The van der Waals surface area contributed by atoms with Crippen molar-refractivity contribution in [1.29, 1.82) is 0 Å². The van der Waals surface area contributed by atoms with Gasteiger partial charge in [-0.1, -0.05) is 20.3 Å². The zero-order valence-corrected chi connectivity index (χ0v) is 6.44. The minimum atomic E-state index is 1.25. The maximum Gasteiger partial charge on any atom is 0.00345 e. The van der Waals surface area contributed by atoms with E-state index < -0.39 is 0 Å². The molecule has 0 saturated heterocycles. The summed E-state index contributed by atoms with van der Waals surface area (Å²) in [7, 11) is 0. The molecule has 0 spiro atoms. The molecule has 0 amide bonds. The molecule has 1 nitrogen and oxygen atoms in total. The SMILES string of the molecule is CCC.Cc1cc[nH]c1. The molecular weight excluding hydrogens is 110 g/mol. The van der Waals surface area contributed by atoms with Crippen LogP contribution < -0.4 is 0 Å². The summed E-state index contributed by atoms with van der Waals surface area (Å²) in [6.07, 6.45) is 5.12. The first-order valence-electron chi connectivity index (χ1n) is 3.40. The van der Waals surface area contributed by atoms with E-state index in [1.54, 1.807) is 0 Å². The van der Waals surface area contributed by atoms with Gasteiger partial charge in [-0.3, -0.25) is 0 Å². The van der Waals surface area contributed by atoms with E-state index in [1.807, 2.05) is 18.5 Å². The van der Waals surface area contributed by atoms with Crippen LogP contribution in [0.5, 0.6) is 0 Å². The number of hydrogen-bond acceptors (Lipinski definition) is 0. The van der Waals surface area contributed by atoms with Crippen molar-refractivity contribution in [2.45, 2.75) is 27.2 Å². The Hall–Kier alpha value is -0.720. The van der Waals surface area contributed by atoms with Crippen molar-refractivity contribution >= 4 is 0 Å². The Bertz CT molecular complexity index is 119. The van der Waals surface area contributed by atoms with Crippen molar-refractivity contribution in [3.8, 4) is 0 Å². The minimum absolute atomic E-state index is 1.25. The van der Waals surface area contributed by atoms with Crippen molar-refractivity contribution in [3.63, 3.8) is 0 Å². The van der Waals surface area contributed by atoms with E-state index in [0.29, 0.717) is 0 Å². The van der Waals surface area contributed by atoms with E-state index in [4.69, 9.17) is 0 Å². The molecule has 1 aromatic rings. The third-order valence-corrected chi connectivity index (χ3v) is 0.753. The molecule has 0 aliphatic rings. The quantitative estimate of drug-likeness (QED) is 0.548. The van der Waals surface area contributed by atoms with Crippen LogP contribution in [0.2, 0.25) is 0 Å². The van der Waals surface area contributed by atoms with E-state index in [1.165, 1.54) is 12.0 Å². The van der Waals surface area contributed by atoms with Crippen LogP contribution in [0.4, 0.5) is 0 Å². The minimum Gasteiger partial charge on any atom is -0.367 e. The van der Waals surface area contributed by atoms with Crippen molar-refractivity contribution in [2.24, 2.45) is 0 Å². The van der Waals surface area contributed by atoms with Crippen LogP contribution in [-0.2, 0) is 0 Å². The highest BCUT2D eigenvalue weighted by atomic mass is 14.6. The van der Waals surface area contributed by atoms with Gasteiger partial charge in [0.25, 0.3) is 0 Å². The van der Waals surface area contributed by atoms with Crippen LogP contribution in [-0.4, -0.2) is 4.98 Å². The van der Waals surface area contributed by atoms with Gasteiger partial charge in [0.2, 0.25) is 0 Å². The number of aromatic amines is 1. The van der Waals surface area contributed by atoms with Gasteiger partial charge in [0.05, 0.1) is 0 Å². The van der Waals surface area contributed by atoms with Crippen LogP contribution in [0.3, 0.4) is 0 Å². The van der Waals surface area contributed by atoms with Gasteiger partial charge in [0, 0.05) is 12.4 Å². The summed E-state index contributed by atoms with van der Waals surface area (Å²) < 4.78 is 0. The number of hydrogen-bond donors (Lipinski definition) is 1. The lowest BCUT2D eigenvalue weighted by molar-refractivity contribution is 1.09. The smallest absolute Gasteiger partial charge is 0.00345 e. The molecule has 0 saturated carbocycles. The van der Waals surface area contributed by atoms with E-state index in [-0.39, 0.29) is 0 Å². The van der Waals surface area contributed by atoms with Crippen LogP contribution in [0, 0.1) is 6.92 Å². The molecule has 0 bridgehead atoms. The summed E-state index contributed by atoms with van der Waals surface area (Å²) in [5.41, 5.74) is 1.29. The highest BCUT2D eigenvalue weighted by Crippen LogP contribution is 1.88. The van der Waals surface area contributed by atoms with Crippen LogP contribution in [0.15, 0.2) is 18.5 Å². The molecule has 1 N–H and O–H groups in total. The number of aromatic nitrogens is 1. The lowest BCUT2D eigenvalue weighted by Gasteiger charge is -1.65. The second-order valence-corrected chi connectivity index (χ2v) is 2.10. The molecule has 0 radical (unpaired) electrons. The Kier molecular flexibility index (Phi) is 4.98. The Morgan fingerprint density at radius 2 is 2.00 bits per heavy atom. The Labute approximate surface area is 57.1 Å². The van der Waals surface area contributed by atoms with Crippen molar-refractivity contribution in [1.82, 2.24) is 4.98 Å². The molecule has 1 aromatic heterocycles. The first kappa shape index (κ1) is 8.28. The summed E-state index contributed by atoms with van der Waals surface area (Å²) in [5, 5.41) is 0. The topological polar surface area (TPSA) is 15.8 Å². The van der Waals surface area contributed by atoms with Gasteiger partial charge in [-0.05, 0) is 18.6 Å². The molecule has 0 aliphatic heterocycles. The highest BCUT2D eigenvalue weighted by Gasteiger charge is 1.73. The largest absolute Gasteiger partial charge is 0.367 e. The molecule has 1 heterocycles. The molecule has 52 valence electrons. The molecule has 9 heavy (non-hydrogen) atoms. The summed E-state index contributed by atoms with van der Waals surface area (Å²) in [5.74, 6) is 0. The molecule has 0 aromatic carbocycles. The molecule has 0 aliphatic carbocycles. The number of H-pyrrole nitrogens is 1. The Morgan fingerprint density at radius 1 is 1.44 bits per heavy atom. The summed E-state index contributed by atoms with van der Waals surface area (Å²) >= 11 is 0. The van der Waals surface area contributed by atoms with Crippen LogP contribution in [0.1, 0.15) is 25.8 Å². The summed E-state index contributed by atoms with van der Waals surface area (Å²) in [6, 6.07) is 2.03. The van der Waals surface area contributed by atoms with E-state index in [0.717, 1.165) is 0 Å². The molecule has 1 rings (SSSR count). The van der Waals surface area contributed by atoms with Gasteiger partial charge >= 0.3 is 0 Å². The van der Waals surface area contributed by atoms with Gasteiger partial charge in [-0.25, -0.2) is 0 Å². The molecule has 0 unspecified atom stereocenters. The lowest BCUT2D eigenvalue weighted by atomic mass is 10.4. The fourth-order valence-electron chi connectivity index (χ4n) is 0.407. The lowest BCUT2D eigenvalue weighted by Crippen LogP contribution is -1.50. The fraction of sp³-hybridized carbons (Fsp3) is 0.500. The molecule has 0 fully saturated rings. The monoisotopic (exact) mass is 125 g/mol. The van der Waals surface area contributed by atoms with E-state index >= 15 is 0 Å². The Balaban J connectivity index is 0.000000187. The van der Waals surface area contributed by atoms with Crippen LogP contribution in [0.25, 0.3) is 0 Å². The standard InChI is InChI=1S/C5H7N.C3H8/c1-5-2-3-6-4-5;1-3-2/h2-4,6H,1H3;3H2,1-2H3. The summed E-state index contributed by atoms with van der Waals surface area (Å²) in [4.78, 5) is 2.93. The zero-order chi connectivity index (χ0) is 7.11. The molecular formula is C8H15N. The number of nitrogens with one attached hydrogen (secondary N) is 1. The van der Waals surface area contributed by atoms with Crippen molar-refractivity contribution in [3.05, 3.63) is 24.0 Å². The van der Waals surface area contributed by atoms with Crippen molar-refractivity contribution < 1.29 is 0 Å². The third kappa shape index (κ3) is 5.15. The first-order chi connectivity index (χ1) is 4.31. The predicted molar refractivity (Wildman–Crippen MR) is 41.5 cm³/mol. The van der Waals surface area contributed by atoms with Gasteiger partial charge in [0.1, 0.15) is 0 Å². The molecule has 0 atom stereocenters.